The fourth-order valence-corrected chi connectivity index (χ4v) is 2.58. The van der Waals surface area contributed by atoms with E-state index < -0.39 is 0 Å². The largest absolute Gasteiger partial charge is 0.339 e. The van der Waals surface area contributed by atoms with Gasteiger partial charge in [-0.15, -0.1) is 0 Å². The number of hydrogen-bond acceptors (Lipinski definition) is 2. The van der Waals surface area contributed by atoms with Gasteiger partial charge in [0.2, 0.25) is 0 Å². The van der Waals surface area contributed by atoms with Crippen molar-refractivity contribution in [3.8, 4) is 5.69 Å². The molecule has 104 valence electrons. The molecular formula is C15H16FN3O. The van der Waals surface area contributed by atoms with E-state index in [1.807, 2.05) is 4.90 Å². The van der Waals surface area contributed by atoms with Crippen LogP contribution in [0.2, 0.25) is 0 Å². The predicted molar refractivity (Wildman–Crippen MR) is 73.4 cm³/mol. The highest BCUT2D eigenvalue weighted by molar-refractivity contribution is 5.95. The van der Waals surface area contributed by atoms with Gasteiger partial charge in [-0.2, -0.15) is 5.10 Å². The molecule has 1 aliphatic rings. The van der Waals surface area contributed by atoms with Crippen molar-refractivity contribution in [3.05, 3.63) is 47.5 Å². The summed E-state index contributed by atoms with van der Waals surface area (Å²) in [4.78, 5) is 14.2. The number of benzene rings is 1. The molecule has 20 heavy (non-hydrogen) atoms. The van der Waals surface area contributed by atoms with Gasteiger partial charge in [-0.3, -0.25) is 4.79 Å². The minimum atomic E-state index is -0.348. The third-order valence-electron chi connectivity index (χ3n) is 3.71. The monoisotopic (exact) mass is 273 g/mol. The maximum Gasteiger partial charge on any atom is 0.257 e. The second kappa shape index (κ2) is 5.07. The lowest BCUT2D eigenvalue weighted by molar-refractivity contribution is 0.0792. The normalized spacial score (nSPS) is 14.8. The van der Waals surface area contributed by atoms with Gasteiger partial charge >= 0.3 is 0 Å². The lowest BCUT2D eigenvalue weighted by Crippen LogP contribution is -2.27. The summed E-state index contributed by atoms with van der Waals surface area (Å²) in [5.41, 5.74) is 1.59. The van der Waals surface area contributed by atoms with Crippen LogP contribution < -0.4 is 0 Å². The van der Waals surface area contributed by atoms with E-state index in [2.05, 4.69) is 5.10 Å². The Morgan fingerprint density at radius 1 is 1.25 bits per heavy atom. The van der Waals surface area contributed by atoms with E-state index in [9.17, 15) is 9.18 Å². The zero-order valence-electron chi connectivity index (χ0n) is 11.3. The van der Waals surface area contributed by atoms with Crippen molar-refractivity contribution in [1.82, 2.24) is 14.7 Å². The third-order valence-corrected chi connectivity index (χ3v) is 3.71. The molecule has 0 saturated carbocycles. The molecule has 0 bridgehead atoms. The highest BCUT2D eigenvalue weighted by Crippen LogP contribution is 2.19. The van der Waals surface area contributed by atoms with Crippen molar-refractivity contribution < 1.29 is 9.18 Å². The fraction of sp³-hybridized carbons (Fsp3) is 0.333. The molecule has 1 amide bonds. The number of likely N-dealkylation sites (tertiary alicyclic amines) is 1. The van der Waals surface area contributed by atoms with E-state index in [1.165, 1.54) is 16.9 Å². The molecular weight excluding hydrogens is 257 g/mol. The number of para-hydroxylation sites is 1. The van der Waals surface area contributed by atoms with Crippen LogP contribution in [0.4, 0.5) is 4.39 Å². The Hall–Kier alpha value is -2.17. The summed E-state index contributed by atoms with van der Waals surface area (Å²) in [7, 11) is 0. The van der Waals surface area contributed by atoms with Gasteiger partial charge < -0.3 is 4.90 Å². The molecule has 1 saturated heterocycles. The van der Waals surface area contributed by atoms with E-state index in [1.54, 1.807) is 25.1 Å². The van der Waals surface area contributed by atoms with Gasteiger partial charge in [0, 0.05) is 13.1 Å². The number of nitrogens with zero attached hydrogens (tertiary/aromatic N) is 3. The number of amides is 1. The number of rotatable bonds is 2. The number of carbonyl (C=O) groups is 1. The summed E-state index contributed by atoms with van der Waals surface area (Å²) in [6.07, 6.45) is 3.63. The molecule has 0 aliphatic carbocycles. The van der Waals surface area contributed by atoms with Crippen LogP contribution >= 0.6 is 0 Å². The highest BCUT2D eigenvalue weighted by Gasteiger charge is 2.23. The molecule has 0 N–H and O–H groups in total. The van der Waals surface area contributed by atoms with E-state index in [0.717, 1.165) is 25.9 Å². The molecule has 0 spiro atoms. The zero-order chi connectivity index (χ0) is 14.1. The van der Waals surface area contributed by atoms with Gasteiger partial charge in [0.25, 0.3) is 5.91 Å². The molecule has 0 radical (unpaired) electrons. The van der Waals surface area contributed by atoms with Crippen LogP contribution in [0, 0.1) is 12.7 Å². The molecule has 3 rings (SSSR count). The van der Waals surface area contributed by atoms with Gasteiger partial charge in [-0.05, 0) is 31.9 Å². The first-order chi connectivity index (χ1) is 9.68. The Kier molecular flexibility index (Phi) is 3.26. The summed E-state index contributed by atoms with van der Waals surface area (Å²) >= 11 is 0. The third kappa shape index (κ3) is 2.09. The van der Waals surface area contributed by atoms with Crippen LogP contribution in [0.3, 0.4) is 0 Å². The smallest absolute Gasteiger partial charge is 0.257 e. The fourth-order valence-electron chi connectivity index (χ4n) is 2.58. The minimum absolute atomic E-state index is 0.0115. The van der Waals surface area contributed by atoms with E-state index in [-0.39, 0.29) is 11.7 Å². The van der Waals surface area contributed by atoms with Crippen molar-refractivity contribution in [2.45, 2.75) is 19.8 Å². The number of hydrogen-bond donors (Lipinski definition) is 0. The summed E-state index contributed by atoms with van der Waals surface area (Å²) in [5, 5.41) is 4.17. The van der Waals surface area contributed by atoms with E-state index in [4.69, 9.17) is 0 Å². The van der Waals surface area contributed by atoms with Crippen LogP contribution in [0.5, 0.6) is 0 Å². The summed E-state index contributed by atoms with van der Waals surface area (Å²) in [6.45, 7) is 3.38. The molecule has 1 aliphatic heterocycles. The average molecular weight is 273 g/mol. The highest BCUT2D eigenvalue weighted by atomic mass is 19.1. The quantitative estimate of drug-likeness (QED) is 0.843. The summed E-state index contributed by atoms with van der Waals surface area (Å²) in [5.74, 6) is -0.360. The lowest BCUT2D eigenvalue weighted by Gasteiger charge is -2.14. The first kappa shape index (κ1) is 12.8. The Bertz CT molecular complexity index is 644. The van der Waals surface area contributed by atoms with Crippen molar-refractivity contribution >= 4 is 5.91 Å². The average Bonchev–Trinajstić information content (AvgIpc) is 3.09. The van der Waals surface area contributed by atoms with E-state index in [0.29, 0.717) is 16.9 Å². The van der Waals surface area contributed by atoms with Gasteiger partial charge in [0.15, 0.2) is 0 Å². The Morgan fingerprint density at radius 2 is 1.95 bits per heavy atom. The van der Waals surface area contributed by atoms with Crippen molar-refractivity contribution in [1.29, 1.82) is 0 Å². The van der Waals surface area contributed by atoms with Crippen LogP contribution in [-0.2, 0) is 0 Å². The topological polar surface area (TPSA) is 38.1 Å². The van der Waals surface area contributed by atoms with Crippen molar-refractivity contribution in [3.63, 3.8) is 0 Å². The van der Waals surface area contributed by atoms with Crippen LogP contribution in [0.15, 0.2) is 30.5 Å². The first-order valence-electron chi connectivity index (χ1n) is 6.77. The number of carbonyl (C=O) groups excluding carboxylic acids is 1. The van der Waals surface area contributed by atoms with Crippen LogP contribution in [0.25, 0.3) is 5.69 Å². The number of halogens is 1. The maximum atomic E-state index is 13.8. The molecule has 0 unspecified atom stereocenters. The van der Waals surface area contributed by atoms with Crippen molar-refractivity contribution in [2.24, 2.45) is 0 Å². The summed E-state index contributed by atoms with van der Waals surface area (Å²) < 4.78 is 15.3. The molecule has 5 heteroatoms. The van der Waals surface area contributed by atoms with E-state index >= 15 is 0 Å². The van der Waals surface area contributed by atoms with Gasteiger partial charge in [0.1, 0.15) is 11.5 Å². The zero-order valence-corrected chi connectivity index (χ0v) is 11.3. The van der Waals surface area contributed by atoms with Gasteiger partial charge in [-0.25, -0.2) is 9.07 Å². The molecule has 4 nitrogen and oxygen atoms in total. The Labute approximate surface area is 116 Å². The standard InChI is InChI=1S/C15H16FN3O/c1-11-12(15(20)18-8-4-5-9-18)10-17-19(11)14-7-3-2-6-13(14)16/h2-3,6-7,10H,4-5,8-9H2,1H3. The van der Waals surface area contributed by atoms with Gasteiger partial charge in [0.05, 0.1) is 17.5 Å². The Morgan fingerprint density at radius 3 is 2.65 bits per heavy atom. The predicted octanol–water partition coefficient (Wildman–Crippen LogP) is 2.56. The maximum absolute atomic E-state index is 13.8. The molecule has 2 aromatic rings. The molecule has 2 heterocycles. The SMILES string of the molecule is Cc1c(C(=O)N2CCCC2)cnn1-c1ccccc1F. The van der Waals surface area contributed by atoms with Crippen LogP contribution in [-0.4, -0.2) is 33.7 Å². The molecule has 0 atom stereocenters. The molecule has 1 aromatic heterocycles. The van der Waals surface area contributed by atoms with Gasteiger partial charge in [-0.1, -0.05) is 12.1 Å². The van der Waals surface area contributed by atoms with Crippen LogP contribution in [0.1, 0.15) is 28.9 Å². The number of aromatic nitrogens is 2. The summed E-state index contributed by atoms with van der Waals surface area (Å²) in [6, 6.07) is 6.42. The minimum Gasteiger partial charge on any atom is -0.339 e. The molecule has 1 fully saturated rings. The second-order valence-electron chi connectivity index (χ2n) is 5.01. The second-order valence-corrected chi connectivity index (χ2v) is 5.01. The molecule has 1 aromatic carbocycles. The van der Waals surface area contributed by atoms with Crippen molar-refractivity contribution in [2.75, 3.05) is 13.1 Å². The Balaban J connectivity index is 1.96. The first-order valence-corrected chi connectivity index (χ1v) is 6.77. The lowest BCUT2D eigenvalue weighted by atomic mass is 10.2.